The SMILES string of the molecule is CC(C)C1CNC(C2CCCCC2)CN1C1(C)CCC1. The minimum atomic E-state index is 0.518. The number of piperazine rings is 1. The number of hydrogen-bond donors (Lipinski definition) is 1. The number of hydrogen-bond acceptors (Lipinski definition) is 2. The second-order valence-corrected chi connectivity index (χ2v) is 8.23. The van der Waals surface area contributed by atoms with E-state index in [0.29, 0.717) is 5.54 Å². The lowest BCUT2D eigenvalue weighted by Gasteiger charge is -2.57. The van der Waals surface area contributed by atoms with Gasteiger partial charge in [-0.2, -0.15) is 0 Å². The predicted octanol–water partition coefficient (Wildman–Crippen LogP) is 3.81. The summed E-state index contributed by atoms with van der Waals surface area (Å²) in [5.74, 6) is 1.72. The highest BCUT2D eigenvalue weighted by Gasteiger charge is 2.45. The molecular weight excluding hydrogens is 244 g/mol. The van der Waals surface area contributed by atoms with Crippen LogP contribution in [0.2, 0.25) is 0 Å². The molecule has 0 radical (unpaired) electrons. The Balaban J connectivity index is 1.69. The molecule has 3 rings (SSSR count). The molecule has 1 heterocycles. The third kappa shape index (κ3) is 2.78. The van der Waals surface area contributed by atoms with Crippen molar-refractivity contribution in [2.45, 2.75) is 89.8 Å². The summed E-state index contributed by atoms with van der Waals surface area (Å²) in [6.07, 6.45) is 11.6. The largest absolute Gasteiger partial charge is 0.311 e. The zero-order valence-corrected chi connectivity index (χ0v) is 13.8. The minimum Gasteiger partial charge on any atom is -0.311 e. The Hall–Kier alpha value is -0.0800. The van der Waals surface area contributed by atoms with Crippen LogP contribution < -0.4 is 5.32 Å². The summed E-state index contributed by atoms with van der Waals surface area (Å²) in [7, 11) is 0. The van der Waals surface area contributed by atoms with Gasteiger partial charge in [0.2, 0.25) is 0 Å². The lowest BCUT2D eigenvalue weighted by Crippen LogP contribution is -2.67. The van der Waals surface area contributed by atoms with E-state index in [1.807, 2.05) is 0 Å². The highest BCUT2D eigenvalue weighted by molar-refractivity contribution is 5.02. The third-order valence-corrected chi connectivity index (χ3v) is 6.50. The Morgan fingerprint density at radius 2 is 1.75 bits per heavy atom. The number of nitrogens with zero attached hydrogens (tertiary/aromatic N) is 1. The Kier molecular flexibility index (Phi) is 4.42. The van der Waals surface area contributed by atoms with E-state index in [-0.39, 0.29) is 0 Å². The second-order valence-electron chi connectivity index (χ2n) is 8.23. The molecule has 0 spiro atoms. The van der Waals surface area contributed by atoms with Gasteiger partial charge in [0.05, 0.1) is 0 Å². The summed E-state index contributed by atoms with van der Waals surface area (Å²) in [6.45, 7) is 9.86. The Morgan fingerprint density at radius 3 is 2.30 bits per heavy atom. The van der Waals surface area contributed by atoms with Crippen molar-refractivity contribution < 1.29 is 0 Å². The Bertz CT molecular complexity index is 315. The summed E-state index contributed by atoms with van der Waals surface area (Å²) in [5.41, 5.74) is 0.518. The molecule has 0 bridgehead atoms. The van der Waals surface area contributed by atoms with Crippen LogP contribution in [0.15, 0.2) is 0 Å². The van der Waals surface area contributed by atoms with E-state index in [9.17, 15) is 0 Å². The van der Waals surface area contributed by atoms with E-state index in [1.165, 1.54) is 64.5 Å². The highest BCUT2D eigenvalue weighted by Crippen LogP contribution is 2.41. The van der Waals surface area contributed by atoms with Crippen molar-refractivity contribution in [3.8, 4) is 0 Å². The average Bonchev–Trinajstić information content (AvgIpc) is 2.45. The number of nitrogens with one attached hydrogen (secondary N) is 1. The van der Waals surface area contributed by atoms with Crippen LogP contribution in [-0.2, 0) is 0 Å². The first-order valence-electron chi connectivity index (χ1n) is 9.10. The molecule has 20 heavy (non-hydrogen) atoms. The fourth-order valence-electron chi connectivity index (χ4n) is 4.84. The van der Waals surface area contributed by atoms with E-state index in [2.05, 4.69) is 31.0 Å². The van der Waals surface area contributed by atoms with Crippen LogP contribution in [0.5, 0.6) is 0 Å². The van der Waals surface area contributed by atoms with Gasteiger partial charge in [0.15, 0.2) is 0 Å². The van der Waals surface area contributed by atoms with Gasteiger partial charge in [0.1, 0.15) is 0 Å². The van der Waals surface area contributed by atoms with Crippen molar-refractivity contribution in [3.05, 3.63) is 0 Å². The molecule has 2 atom stereocenters. The van der Waals surface area contributed by atoms with Gasteiger partial charge >= 0.3 is 0 Å². The predicted molar refractivity (Wildman–Crippen MR) is 86.0 cm³/mol. The van der Waals surface area contributed by atoms with E-state index in [1.54, 1.807) is 0 Å². The first-order chi connectivity index (χ1) is 9.60. The molecule has 2 saturated carbocycles. The zero-order chi connectivity index (χ0) is 14.2. The van der Waals surface area contributed by atoms with Crippen LogP contribution in [0.3, 0.4) is 0 Å². The van der Waals surface area contributed by atoms with Gasteiger partial charge in [0.25, 0.3) is 0 Å². The van der Waals surface area contributed by atoms with Crippen LogP contribution in [0, 0.1) is 11.8 Å². The van der Waals surface area contributed by atoms with Crippen molar-refractivity contribution in [1.29, 1.82) is 0 Å². The van der Waals surface area contributed by atoms with E-state index < -0.39 is 0 Å². The monoisotopic (exact) mass is 278 g/mol. The van der Waals surface area contributed by atoms with Gasteiger partial charge in [-0.1, -0.05) is 33.1 Å². The van der Waals surface area contributed by atoms with Crippen LogP contribution in [0.1, 0.15) is 72.1 Å². The van der Waals surface area contributed by atoms with Crippen molar-refractivity contribution in [3.63, 3.8) is 0 Å². The van der Waals surface area contributed by atoms with Crippen LogP contribution >= 0.6 is 0 Å². The second kappa shape index (κ2) is 5.96. The molecule has 3 fully saturated rings. The van der Waals surface area contributed by atoms with Crippen LogP contribution in [0.4, 0.5) is 0 Å². The first-order valence-corrected chi connectivity index (χ1v) is 9.10. The summed E-state index contributed by atoms with van der Waals surface area (Å²) in [5, 5.41) is 3.93. The van der Waals surface area contributed by atoms with Crippen LogP contribution in [0.25, 0.3) is 0 Å². The van der Waals surface area contributed by atoms with Gasteiger partial charge in [-0.05, 0) is 50.9 Å². The molecule has 0 amide bonds. The fourth-order valence-corrected chi connectivity index (χ4v) is 4.84. The molecule has 1 N–H and O–H groups in total. The summed E-state index contributed by atoms with van der Waals surface area (Å²) in [6, 6.07) is 1.52. The zero-order valence-electron chi connectivity index (χ0n) is 13.8. The molecule has 1 aliphatic heterocycles. The Labute approximate surface area is 125 Å². The molecule has 2 unspecified atom stereocenters. The maximum Gasteiger partial charge on any atom is 0.0249 e. The standard InChI is InChI=1S/C18H34N2/c1-14(2)17-12-19-16(15-8-5-4-6-9-15)13-20(17)18(3)10-7-11-18/h14-17,19H,4-13H2,1-3H3. The van der Waals surface area contributed by atoms with Gasteiger partial charge < -0.3 is 5.32 Å². The quantitative estimate of drug-likeness (QED) is 0.844. The minimum absolute atomic E-state index is 0.518. The van der Waals surface area contributed by atoms with E-state index >= 15 is 0 Å². The van der Waals surface area contributed by atoms with Crippen molar-refractivity contribution in [2.24, 2.45) is 11.8 Å². The van der Waals surface area contributed by atoms with Crippen LogP contribution in [-0.4, -0.2) is 35.6 Å². The van der Waals surface area contributed by atoms with Crippen molar-refractivity contribution in [1.82, 2.24) is 10.2 Å². The molecule has 0 aromatic heterocycles. The Morgan fingerprint density at radius 1 is 1.05 bits per heavy atom. The third-order valence-electron chi connectivity index (χ3n) is 6.50. The molecular formula is C18H34N2. The van der Waals surface area contributed by atoms with Crippen molar-refractivity contribution >= 4 is 0 Å². The summed E-state index contributed by atoms with van der Waals surface area (Å²) >= 11 is 0. The lowest BCUT2D eigenvalue weighted by molar-refractivity contribution is -0.0511. The molecule has 0 aromatic rings. The van der Waals surface area contributed by atoms with Gasteiger partial charge in [-0.3, -0.25) is 4.90 Å². The van der Waals surface area contributed by atoms with Gasteiger partial charge in [0, 0.05) is 30.7 Å². The molecule has 0 aromatic carbocycles. The molecule has 2 heteroatoms. The topological polar surface area (TPSA) is 15.3 Å². The molecule has 3 aliphatic rings. The highest BCUT2D eigenvalue weighted by atomic mass is 15.3. The van der Waals surface area contributed by atoms with E-state index in [4.69, 9.17) is 0 Å². The normalized spacial score (nSPS) is 36.0. The molecule has 2 aliphatic carbocycles. The molecule has 1 saturated heterocycles. The summed E-state index contributed by atoms with van der Waals surface area (Å²) in [4.78, 5) is 2.91. The molecule has 2 nitrogen and oxygen atoms in total. The lowest BCUT2D eigenvalue weighted by atomic mass is 9.73. The van der Waals surface area contributed by atoms with E-state index in [0.717, 1.165) is 23.9 Å². The first kappa shape index (κ1) is 14.8. The maximum absolute atomic E-state index is 3.93. The maximum atomic E-state index is 3.93. The summed E-state index contributed by atoms with van der Waals surface area (Å²) < 4.78 is 0. The molecule has 116 valence electrons. The van der Waals surface area contributed by atoms with Gasteiger partial charge in [-0.15, -0.1) is 0 Å². The fraction of sp³-hybridized carbons (Fsp3) is 1.00. The smallest absolute Gasteiger partial charge is 0.0249 e. The number of rotatable bonds is 3. The average molecular weight is 278 g/mol. The van der Waals surface area contributed by atoms with Gasteiger partial charge in [-0.25, -0.2) is 0 Å². The van der Waals surface area contributed by atoms with Crippen molar-refractivity contribution in [2.75, 3.05) is 13.1 Å².